The fraction of sp³-hybridized carbons (Fsp3) is 0.591. The van der Waals surface area contributed by atoms with Crippen molar-refractivity contribution in [2.45, 2.75) is 55.1 Å². The molecule has 9 nitrogen and oxygen atoms in total. The number of ether oxygens (including phenoxy) is 6. The van der Waals surface area contributed by atoms with Gasteiger partial charge in [-0.25, -0.2) is 4.79 Å². The molecule has 1 aliphatic heterocycles. The molecule has 12 heteroatoms. The fourth-order valence-corrected chi connectivity index (χ4v) is 3.64. The molecule has 1 aromatic carbocycles. The highest BCUT2D eigenvalue weighted by Crippen LogP contribution is 2.49. The Kier molecular flexibility index (Phi) is 9.23. The molecule has 3 N–H and O–H groups in total. The van der Waals surface area contributed by atoms with Gasteiger partial charge in [0.1, 0.15) is 24.1 Å². The lowest BCUT2D eigenvalue weighted by Crippen LogP contribution is -2.64. The Morgan fingerprint density at radius 3 is 2.44 bits per heavy atom. The van der Waals surface area contributed by atoms with E-state index in [9.17, 15) is 4.79 Å². The minimum absolute atomic E-state index is 0.164. The van der Waals surface area contributed by atoms with Gasteiger partial charge in [-0.05, 0) is 33.8 Å². The number of methoxy groups -OCH3 is 2. The predicted octanol–water partition coefficient (Wildman–Crippen LogP) is 4.54. The summed E-state index contributed by atoms with van der Waals surface area (Å²) in [5, 5.41) is 2.74. The Labute approximate surface area is 214 Å². The van der Waals surface area contributed by atoms with Crippen LogP contribution < -0.4 is 25.3 Å². The van der Waals surface area contributed by atoms with E-state index in [2.05, 4.69) is 11.9 Å². The molecule has 0 aromatic heterocycles. The first-order valence-corrected chi connectivity index (χ1v) is 11.5. The largest absolute Gasteiger partial charge is 0.493 e. The number of amides is 1. The summed E-state index contributed by atoms with van der Waals surface area (Å²) in [5.74, 6) is -0.893. The Balaban J connectivity index is 2.63. The van der Waals surface area contributed by atoms with Crippen LogP contribution in [0.15, 0.2) is 18.7 Å². The molecule has 1 amide bonds. The lowest BCUT2D eigenvalue weighted by atomic mass is 9.96. The third-order valence-corrected chi connectivity index (χ3v) is 5.56. The zero-order valence-electron chi connectivity index (χ0n) is 20.0. The summed E-state index contributed by atoms with van der Waals surface area (Å²) in [4.78, 5) is 12.6. The first-order valence-electron chi connectivity index (χ1n) is 10.3. The van der Waals surface area contributed by atoms with Crippen LogP contribution in [-0.4, -0.2) is 54.9 Å². The molecule has 0 radical (unpaired) electrons. The second kappa shape index (κ2) is 11.0. The van der Waals surface area contributed by atoms with Crippen molar-refractivity contribution in [3.8, 4) is 17.2 Å². The Hall–Kier alpha value is -1.62. The number of nitrogens with one attached hydrogen (secondary N) is 1. The molecule has 0 unspecified atom stereocenters. The fourth-order valence-electron chi connectivity index (χ4n) is 3.34. The minimum Gasteiger partial charge on any atom is -0.493 e. The van der Waals surface area contributed by atoms with E-state index in [4.69, 9.17) is 69.0 Å². The van der Waals surface area contributed by atoms with Gasteiger partial charge in [0.2, 0.25) is 0 Å². The summed E-state index contributed by atoms with van der Waals surface area (Å²) in [6.45, 7) is 10.7. The SMILES string of the molecule is C=CCOc1c([C@@H]2O[C@@](N)(C(Cl)(Cl)Cl)OC[C@H]2NC(=O)OC(C)(C)C)cc(OC)c(OC)c1C. The van der Waals surface area contributed by atoms with E-state index in [1.807, 2.05) is 0 Å². The number of rotatable bonds is 7. The van der Waals surface area contributed by atoms with E-state index in [0.29, 0.717) is 28.4 Å². The molecule has 0 spiro atoms. The van der Waals surface area contributed by atoms with E-state index < -0.39 is 33.5 Å². The molecular formula is C22H31Cl3N2O7. The van der Waals surface area contributed by atoms with Gasteiger partial charge in [0.15, 0.2) is 11.5 Å². The van der Waals surface area contributed by atoms with Crippen LogP contribution in [-0.2, 0) is 14.2 Å². The average Bonchev–Trinajstić information content (AvgIpc) is 2.71. The minimum atomic E-state index is -2.16. The highest BCUT2D eigenvalue weighted by Gasteiger charge is 2.55. The topological polar surface area (TPSA) is 111 Å². The maximum Gasteiger partial charge on any atom is 0.408 e. The zero-order chi connectivity index (χ0) is 25.9. The van der Waals surface area contributed by atoms with Crippen molar-refractivity contribution in [2.75, 3.05) is 27.4 Å². The number of carbonyl (C=O) groups is 1. The number of carbonyl (C=O) groups excluding carboxylic acids is 1. The van der Waals surface area contributed by atoms with E-state index >= 15 is 0 Å². The smallest absolute Gasteiger partial charge is 0.408 e. The lowest BCUT2D eigenvalue weighted by molar-refractivity contribution is -0.299. The van der Waals surface area contributed by atoms with Gasteiger partial charge in [0.25, 0.3) is 9.70 Å². The highest BCUT2D eigenvalue weighted by atomic mass is 35.6. The van der Waals surface area contributed by atoms with Crippen LogP contribution in [0.2, 0.25) is 0 Å². The highest BCUT2D eigenvalue weighted by molar-refractivity contribution is 6.68. The molecule has 1 saturated heterocycles. The predicted molar refractivity (Wildman–Crippen MR) is 130 cm³/mol. The number of alkyl halides is 3. The van der Waals surface area contributed by atoms with Crippen LogP contribution in [0.4, 0.5) is 4.79 Å². The summed E-state index contributed by atoms with van der Waals surface area (Å²) in [7, 11) is 2.99. The number of hydrogen-bond acceptors (Lipinski definition) is 8. The van der Waals surface area contributed by atoms with Crippen LogP contribution in [0.3, 0.4) is 0 Å². The third-order valence-electron chi connectivity index (χ3n) is 4.77. The average molecular weight is 542 g/mol. The molecule has 2 rings (SSSR count). The van der Waals surface area contributed by atoms with Crippen molar-refractivity contribution < 1.29 is 33.2 Å². The molecule has 1 aromatic rings. The van der Waals surface area contributed by atoms with Gasteiger partial charge in [-0.2, -0.15) is 0 Å². The van der Waals surface area contributed by atoms with Crippen molar-refractivity contribution in [3.05, 3.63) is 29.8 Å². The Morgan fingerprint density at radius 2 is 1.94 bits per heavy atom. The molecule has 1 heterocycles. The zero-order valence-corrected chi connectivity index (χ0v) is 22.3. The van der Waals surface area contributed by atoms with Crippen LogP contribution in [0, 0.1) is 6.92 Å². The standard InChI is InChI=1S/C22H31Cl3N2O7/c1-8-9-31-16-12(2)17(30-7)15(29-6)10-13(16)18-14(27-19(28)34-20(3,4)5)11-32-22(26,33-18)21(23,24)25/h8,10,14,18H,1,9,11,26H2,2-7H3,(H,27,28)/t14-,18+,22-/m1/s1. The number of hydrogen-bond donors (Lipinski definition) is 2. The van der Waals surface area contributed by atoms with Crippen molar-refractivity contribution in [2.24, 2.45) is 5.73 Å². The maximum atomic E-state index is 12.6. The summed E-state index contributed by atoms with van der Waals surface area (Å²) >= 11 is 18.2. The molecule has 0 saturated carbocycles. The number of halogens is 3. The van der Waals surface area contributed by atoms with Crippen LogP contribution in [0.25, 0.3) is 0 Å². The van der Waals surface area contributed by atoms with Crippen LogP contribution in [0.1, 0.15) is 38.0 Å². The van der Waals surface area contributed by atoms with Gasteiger partial charge in [-0.3, -0.25) is 5.73 Å². The summed E-state index contributed by atoms with van der Waals surface area (Å²) in [6.07, 6.45) is -0.116. The van der Waals surface area contributed by atoms with Gasteiger partial charge in [0.05, 0.1) is 26.9 Å². The molecule has 1 aliphatic rings. The number of nitrogens with two attached hydrogens (primary N) is 1. The van der Waals surface area contributed by atoms with E-state index in [0.717, 1.165) is 0 Å². The first kappa shape index (κ1) is 28.6. The van der Waals surface area contributed by atoms with E-state index in [1.165, 1.54) is 14.2 Å². The number of alkyl carbamates (subject to hydrolysis) is 1. The normalized spacial score (nSPS) is 23.1. The van der Waals surface area contributed by atoms with Crippen molar-refractivity contribution in [3.63, 3.8) is 0 Å². The van der Waals surface area contributed by atoms with Crippen LogP contribution in [0.5, 0.6) is 17.2 Å². The van der Waals surface area contributed by atoms with Gasteiger partial charge in [-0.1, -0.05) is 47.5 Å². The molecule has 192 valence electrons. The third kappa shape index (κ3) is 6.53. The van der Waals surface area contributed by atoms with Gasteiger partial charge >= 0.3 is 6.09 Å². The van der Waals surface area contributed by atoms with Crippen LogP contribution >= 0.6 is 34.8 Å². The van der Waals surface area contributed by atoms with Gasteiger partial charge < -0.3 is 33.7 Å². The molecule has 34 heavy (non-hydrogen) atoms. The molecule has 0 bridgehead atoms. The Morgan fingerprint density at radius 1 is 1.29 bits per heavy atom. The maximum absolute atomic E-state index is 12.6. The van der Waals surface area contributed by atoms with Gasteiger partial charge in [-0.15, -0.1) is 0 Å². The van der Waals surface area contributed by atoms with Crippen molar-refractivity contribution >= 4 is 40.9 Å². The second-order valence-corrected chi connectivity index (χ2v) is 10.8. The second-order valence-electron chi connectivity index (χ2n) is 8.52. The monoisotopic (exact) mass is 540 g/mol. The molecular weight excluding hydrogens is 511 g/mol. The molecule has 0 aliphatic carbocycles. The molecule has 3 atom stereocenters. The quantitative estimate of drug-likeness (QED) is 0.382. The summed E-state index contributed by atoms with van der Waals surface area (Å²) < 4.78 is 31.7. The number of benzene rings is 1. The summed E-state index contributed by atoms with van der Waals surface area (Å²) in [5.41, 5.74) is 6.51. The lowest BCUT2D eigenvalue weighted by Gasteiger charge is -2.45. The molecule has 1 fully saturated rings. The van der Waals surface area contributed by atoms with Gasteiger partial charge in [0, 0.05) is 11.1 Å². The first-order chi connectivity index (χ1) is 15.7. The van der Waals surface area contributed by atoms with Crippen molar-refractivity contribution in [1.29, 1.82) is 0 Å². The Bertz CT molecular complexity index is 902. The van der Waals surface area contributed by atoms with Crippen molar-refractivity contribution in [1.82, 2.24) is 5.32 Å². The van der Waals surface area contributed by atoms with E-state index in [-0.39, 0.29) is 13.2 Å². The van der Waals surface area contributed by atoms with E-state index in [1.54, 1.807) is 39.8 Å². The summed E-state index contributed by atoms with van der Waals surface area (Å²) in [6, 6.07) is 0.838.